The van der Waals surface area contributed by atoms with E-state index < -0.39 is 5.54 Å². The van der Waals surface area contributed by atoms with E-state index >= 15 is 0 Å². The highest BCUT2D eigenvalue weighted by Crippen LogP contribution is 2.39. The van der Waals surface area contributed by atoms with Crippen LogP contribution in [0.25, 0.3) is 5.69 Å². The molecular formula is C20H24N4OS. The van der Waals surface area contributed by atoms with E-state index in [4.69, 9.17) is 0 Å². The van der Waals surface area contributed by atoms with Gasteiger partial charge in [0.2, 0.25) is 5.91 Å². The molecule has 1 atom stereocenters. The van der Waals surface area contributed by atoms with Crippen molar-refractivity contribution < 1.29 is 4.79 Å². The average Bonchev–Trinajstić information content (AvgIpc) is 3.39. The second-order valence-electron chi connectivity index (χ2n) is 7.25. The topological polar surface area (TPSA) is 70.7 Å². The van der Waals surface area contributed by atoms with Crippen molar-refractivity contribution in [1.82, 2.24) is 14.9 Å². The first-order valence-electron chi connectivity index (χ1n) is 8.91. The fraction of sp³-hybridized carbons (Fsp3) is 0.450. The van der Waals surface area contributed by atoms with Crippen LogP contribution in [0.5, 0.6) is 0 Å². The lowest BCUT2D eigenvalue weighted by Gasteiger charge is -2.22. The molecule has 1 heterocycles. The van der Waals surface area contributed by atoms with Crippen molar-refractivity contribution in [3.05, 3.63) is 42.2 Å². The predicted molar refractivity (Wildman–Crippen MR) is 103 cm³/mol. The highest BCUT2D eigenvalue weighted by Gasteiger charge is 2.42. The summed E-state index contributed by atoms with van der Waals surface area (Å²) in [4.78, 5) is 16.7. The second-order valence-corrected chi connectivity index (χ2v) is 8.19. The van der Waals surface area contributed by atoms with E-state index in [1.807, 2.05) is 17.7 Å². The van der Waals surface area contributed by atoms with E-state index in [1.165, 1.54) is 17.3 Å². The number of hydrogen-bond acceptors (Lipinski definition) is 4. The van der Waals surface area contributed by atoms with Gasteiger partial charge in [-0.05, 0) is 49.3 Å². The monoisotopic (exact) mass is 368 g/mol. The van der Waals surface area contributed by atoms with Crippen molar-refractivity contribution in [2.24, 2.45) is 5.92 Å². The largest absolute Gasteiger partial charge is 0.337 e. The zero-order chi connectivity index (χ0) is 18.7. The summed E-state index contributed by atoms with van der Waals surface area (Å²) < 4.78 is 1.98. The Morgan fingerprint density at radius 2 is 2.12 bits per heavy atom. The molecule has 3 rings (SSSR count). The van der Waals surface area contributed by atoms with Crippen molar-refractivity contribution in [1.29, 1.82) is 5.26 Å². The predicted octanol–water partition coefficient (Wildman–Crippen LogP) is 3.90. The van der Waals surface area contributed by atoms with Crippen molar-refractivity contribution in [3.8, 4) is 11.8 Å². The molecule has 0 radical (unpaired) electrons. The fourth-order valence-corrected chi connectivity index (χ4v) is 3.72. The molecule has 1 fully saturated rings. The Morgan fingerprint density at radius 3 is 2.69 bits per heavy atom. The molecule has 5 nitrogen and oxygen atoms in total. The van der Waals surface area contributed by atoms with E-state index in [2.05, 4.69) is 54.5 Å². The highest BCUT2D eigenvalue weighted by atomic mass is 32.2. The lowest BCUT2D eigenvalue weighted by atomic mass is 9.98. The summed E-state index contributed by atoms with van der Waals surface area (Å²) in [5, 5.41) is 13.0. The summed E-state index contributed by atoms with van der Waals surface area (Å²) in [5.74, 6) is 0.884. The normalized spacial score (nSPS) is 16.1. The molecule has 136 valence electrons. The molecule has 26 heavy (non-hydrogen) atoms. The van der Waals surface area contributed by atoms with Gasteiger partial charge < -0.3 is 5.32 Å². The van der Waals surface area contributed by atoms with Crippen molar-refractivity contribution >= 4 is 17.7 Å². The molecule has 1 N–H and O–H groups in total. The Balaban J connectivity index is 1.64. The van der Waals surface area contributed by atoms with Gasteiger partial charge in [-0.15, -0.1) is 0 Å². The molecule has 1 aliphatic carbocycles. The summed E-state index contributed by atoms with van der Waals surface area (Å²) in [6.45, 7) is 6.15. The summed E-state index contributed by atoms with van der Waals surface area (Å²) in [6.07, 6.45) is 5.65. The minimum atomic E-state index is -0.750. The fourth-order valence-electron chi connectivity index (χ4n) is 2.95. The number of carbonyl (C=O) groups excluding carboxylic acids is 1. The van der Waals surface area contributed by atoms with E-state index in [-0.39, 0.29) is 17.6 Å². The average molecular weight is 369 g/mol. The highest BCUT2D eigenvalue weighted by molar-refractivity contribution is 7.99. The van der Waals surface area contributed by atoms with Crippen LogP contribution in [0.2, 0.25) is 0 Å². The number of nitrogens with one attached hydrogen (secondary N) is 1. The van der Waals surface area contributed by atoms with Gasteiger partial charge in [0.1, 0.15) is 5.54 Å². The van der Waals surface area contributed by atoms with Gasteiger partial charge in [-0.2, -0.15) is 5.26 Å². The molecule has 1 saturated carbocycles. The lowest BCUT2D eigenvalue weighted by Crippen LogP contribution is -2.47. The molecule has 0 saturated heterocycles. The standard InChI is InChI=1S/C20H24N4OS/c1-14(2)15-4-8-17(9-5-15)24-11-10-22-19(24)26-12-18(25)23-20(3,13-21)16-6-7-16/h4-5,8-11,14,16H,6-7,12H2,1-3H3,(H,23,25)/t20-/m1/s1. The van der Waals surface area contributed by atoms with E-state index in [9.17, 15) is 10.1 Å². The Hall–Kier alpha value is -2.26. The quantitative estimate of drug-likeness (QED) is 0.753. The molecule has 6 heteroatoms. The number of amides is 1. The lowest BCUT2D eigenvalue weighted by molar-refractivity contribution is -0.119. The molecule has 0 bridgehead atoms. The maximum atomic E-state index is 12.3. The molecule has 0 aliphatic heterocycles. The zero-order valence-electron chi connectivity index (χ0n) is 15.4. The maximum Gasteiger partial charge on any atom is 0.231 e. The molecule has 1 aromatic carbocycles. The van der Waals surface area contributed by atoms with Crippen LogP contribution in [-0.2, 0) is 4.79 Å². The third kappa shape index (κ3) is 4.10. The van der Waals surface area contributed by atoms with Gasteiger partial charge >= 0.3 is 0 Å². The van der Waals surface area contributed by atoms with Crippen molar-refractivity contribution in [3.63, 3.8) is 0 Å². The second kappa shape index (κ2) is 7.55. The van der Waals surface area contributed by atoms with Gasteiger partial charge in [0, 0.05) is 18.1 Å². The molecule has 0 spiro atoms. The number of hydrogen-bond donors (Lipinski definition) is 1. The molecule has 1 amide bonds. The van der Waals surface area contributed by atoms with Crippen LogP contribution < -0.4 is 5.32 Å². The molecular weight excluding hydrogens is 344 g/mol. The summed E-state index contributed by atoms with van der Waals surface area (Å²) >= 11 is 1.38. The molecule has 1 aromatic heterocycles. The van der Waals surface area contributed by atoms with Gasteiger partial charge in [0.05, 0.1) is 11.8 Å². The van der Waals surface area contributed by atoms with Gasteiger partial charge in [-0.25, -0.2) is 4.98 Å². The van der Waals surface area contributed by atoms with Crippen LogP contribution >= 0.6 is 11.8 Å². The van der Waals surface area contributed by atoms with Crippen LogP contribution in [0.3, 0.4) is 0 Å². The van der Waals surface area contributed by atoms with Gasteiger partial charge in [0.15, 0.2) is 5.16 Å². The van der Waals surface area contributed by atoms with Crippen LogP contribution in [0.1, 0.15) is 45.1 Å². The van der Waals surface area contributed by atoms with E-state index in [0.717, 1.165) is 23.7 Å². The smallest absolute Gasteiger partial charge is 0.231 e. The number of imidazole rings is 1. The van der Waals surface area contributed by atoms with Gasteiger partial charge in [-0.3, -0.25) is 9.36 Å². The van der Waals surface area contributed by atoms with Gasteiger partial charge in [0.25, 0.3) is 0 Å². The Bertz CT molecular complexity index is 817. The Kier molecular flexibility index (Phi) is 5.38. The number of nitriles is 1. The van der Waals surface area contributed by atoms with Crippen LogP contribution in [0, 0.1) is 17.2 Å². The minimum absolute atomic E-state index is 0.129. The first kappa shape index (κ1) is 18.5. The molecule has 1 aliphatic rings. The third-order valence-corrected chi connectivity index (χ3v) is 5.77. The Labute approximate surface area is 158 Å². The molecule has 2 aromatic rings. The first-order valence-corrected chi connectivity index (χ1v) is 9.90. The van der Waals surface area contributed by atoms with Crippen molar-refractivity contribution in [2.75, 3.05) is 5.75 Å². The zero-order valence-corrected chi connectivity index (χ0v) is 16.2. The number of benzene rings is 1. The van der Waals surface area contributed by atoms with Crippen molar-refractivity contribution in [2.45, 2.75) is 50.2 Å². The number of thioether (sulfide) groups is 1. The summed E-state index contributed by atoms with van der Waals surface area (Å²) in [5.41, 5.74) is 1.56. The molecule has 0 unspecified atom stereocenters. The summed E-state index contributed by atoms with van der Waals surface area (Å²) in [7, 11) is 0. The maximum absolute atomic E-state index is 12.3. The number of nitrogens with zero attached hydrogens (tertiary/aromatic N) is 3. The van der Waals surface area contributed by atoms with E-state index in [1.54, 1.807) is 6.20 Å². The van der Waals surface area contributed by atoms with Crippen LogP contribution in [-0.4, -0.2) is 26.8 Å². The van der Waals surface area contributed by atoms with Crippen LogP contribution in [0.15, 0.2) is 41.8 Å². The van der Waals surface area contributed by atoms with Gasteiger partial charge in [-0.1, -0.05) is 37.7 Å². The third-order valence-electron chi connectivity index (χ3n) is 4.80. The first-order chi connectivity index (χ1) is 12.4. The van der Waals surface area contributed by atoms with Crippen LogP contribution in [0.4, 0.5) is 0 Å². The number of rotatable bonds is 7. The minimum Gasteiger partial charge on any atom is -0.337 e. The number of aromatic nitrogens is 2. The Morgan fingerprint density at radius 1 is 1.42 bits per heavy atom. The summed E-state index contributed by atoms with van der Waals surface area (Å²) in [6, 6.07) is 10.6. The van der Waals surface area contributed by atoms with E-state index in [0.29, 0.717) is 5.92 Å². The number of carbonyl (C=O) groups is 1. The SMILES string of the molecule is CC(C)c1ccc(-n2ccnc2SCC(=O)N[C@](C)(C#N)C2CC2)cc1.